The van der Waals surface area contributed by atoms with Crippen LogP contribution in [0.4, 0.5) is 8.78 Å². The molecule has 1 aliphatic carbocycles. The molecule has 4 nitrogen and oxygen atoms in total. The van der Waals surface area contributed by atoms with Gasteiger partial charge in [-0.2, -0.15) is 0 Å². The second kappa shape index (κ2) is 14.1. The minimum atomic E-state index is -2.84. The quantitative estimate of drug-likeness (QED) is 0.204. The van der Waals surface area contributed by atoms with Crippen LogP contribution in [0.2, 0.25) is 0 Å². The third kappa shape index (κ3) is 9.50. The summed E-state index contributed by atoms with van der Waals surface area (Å²) in [5, 5.41) is 10.7. The fourth-order valence-electron chi connectivity index (χ4n) is 4.48. The number of aliphatic hydroxyl groups is 1. The lowest BCUT2D eigenvalue weighted by atomic mass is 9.89. The SMILES string of the molecule is CCCCCC(F)(F)/C=C/[C@@H]1[C@@H](C/C=C\CCCC=O)[C@@H](O)C[C@H]1OC1CCCCO1. The Morgan fingerprint density at radius 1 is 1.16 bits per heavy atom. The highest BCUT2D eigenvalue weighted by Gasteiger charge is 2.43. The van der Waals surface area contributed by atoms with Gasteiger partial charge in [0.05, 0.1) is 12.2 Å². The number of allylic oxidation sites excluding steroid dienone is 3. The fourth-order valence-corrected chi connectivity index (χ4v) is 4.48. The molecule has 2 rings (SSSR count). The van der Waals surface area contributed by atoms with Crippen molar-refractivity contribution in [3.05, 3.63) is 24.3 Å². The van der Waals surface area contributed by atoms with Gasteiger partial charge in [0.15, 0.2) is 6.29 Å². The number of aldehydes is 1. The van der Waals surface area contributed by atoms with E-state index in [1.807, 2.05) is 19.1 Å². The molecule has 0 aromatic rings. The maximum Gasteiger partial charge on any atom is 0.266 e. The van der Waals surface area contributed by atoms with Crippen molar-refractivity contribution in [1.29, 1.82) is 0 Å². The summed E-state index contributed by atoms with van der Waals surface area (Å²) in [5.41, 5.74) is 0. The third-order valence-electron chi connectivity index (χ3n) is 6.30. The molecule has 31 heavy (non-hydrogen) atoms. The molecule has 1 saturated carbocycles. The van der Waals surface area contributed by atoms with Gasteiger partial charge >= 0.3 is 0 Å². The second-order valence-electron chi connectivity index (χ2n) is 8.90. The Balaban J connectivity index is 2.04. The average Bonchev–Trinajstić information content (AvgIpc) is 3.04. The monoisotopic (exact) mass is 442 g/mol. The van der Waals surface area contributed by atoms with Gasteiger partial charge in [-0.15, -0.1) is 0 Å². The molecule has 0 bridgehead atoms. The maximum absolute atomic E-state index is 14.4. The van der Waals surface area contributed by atoms with Crippen LogP contribution in [0.25, 0.3) is 0 Å². The molecule has 1 aliphatic heterocycles. The first-order valence-electron chi connectivity index (χ1n) is 12.1. The van der Waals surface area contributed by atoms with Gasteiger partial charge in [0.1, 0.15) is 6.29 Å². The summed E-state index contributed by atoms with van der Waals surface area (Å²) in [6.07, 6.45) is 14.4. The molecule has 0 aromatic heterocycles. The number of unbranched alkanes of at least 4 members (excludes halogenated alkanes) is 4. The topological polar surface area (TPSA) is 55.8 Å². The van der Waals surface area contributed by atoms with Gasteiger partial charge in [-0.3, -0.25) is 0 Å². The maximum atomic E-state index is 14.4. The predicted octanol–water partition coefficient (Wildman–Crippen LogP) is 5.98. The van der Waals surface area contributed by atoms with E-state index in [1.165, 1.54) is 0 Å². The number of hydrogen-bond donors (Lipinski definition) is 1. The average molecular weight is 443 g/mol. The van der Waals surface area contributed by atoms with Crippen molar-refractivity contribution in [3.63, 3.8) is 0 Å². The van der Waals surface area contributed by atoms with E-state index in [0.29, 0.717) is 32.3 Å². The van der Waals surface area contributed by atoms with Crippen molar-refractivity contribution >= 4 is 6.29 Å². The number of ether oxygens (including phenoxy) is 2. The molecule has 178 valence electrons. The van der Waals surface area contributed by atoms with E-state index in [9.17, 15) is 18.7 Å². The third-order valence-corrected chi connectivity index (χ3v) is 6.30. The largest absolute Gasteiger partial charge is 0.393 e. The molecular formula is C25H40F2O4. The fraction of sp³-hybridized carbons (Fsp3) is 0.800. The van der Waals surface area contributed by atoms with Crippen LogP contribution < -0.4 is 0 Å². The van der Waals surface area contributed by atoms with E-state index in [-0.39, 0.29) is 30.7 Å². The van der Waals surface area contributed by atoms with E-state index in [2.05, 4.69) is 0 Å². The number of rotatable bonds is 14. The molecule has 0 aromatic carbocycles. The molecular weight excluding hydrogens is 402 g/mol. The van der Waals surface area contributed by atoms with Gasteiger partial charge in [-0.25, -0.2) is 8.78 Å². The first kappa shape index (κ1) is 26.1. The van der Waals surface area contributed by atoms with E-state index in [0.717, 1.165) is 57.3 Å². The summed E-state index contributed by atoms with van der Waals surface area (Å²) >= 11 is 0. The Hall–Kier alpha value is -1.11. The van der Waals surface area contributed by atoms with Crippen molar-refractivity contribution in [1.82, 2.24) is 0 Å². The summed E-state index contributed by atoms with van der Waals surface area (Å²) < 4.78 is 40.6. The van der Waals surface area contributed by atoms with E-state index in [1.54, 1.807) is 6.08 Å². The smallest absolute Gasteiger partial charge is 0.266 e. The number of carbonyl (C=O) groups excluding carboxylic acids is 1. The number of hydrogen-bond acceptors (Lipinski definition) is 4. The molecule has 2 aliphatic rings. The highest BCUT2D eigenvalue weighted by molar-refractivity contribution is 5.49. The lowest BCUT2D eigenvalue weighted by Gasteiger charge is -2.29. The first-order valence-corrected chi connectivity index (χ1v) is 12.1. The molecule has 0 spiro atoms. The summed E-state index contributed by atoms with van der Waals surface area (Å²) in [4.78, 5) is 10.4. The number of halogens is 2. The Bertz CT molecular complexity index is 558. The van der Waals surface area contributed by atoms with Gasteiger partial charge in [-0.05, 0) is 56.9 Å². The van der Waals surface area contributed by atoms with Crippen LogP contribution in [-0.4, -0.2) is 42.4 Å². The lowest BCUT2D eigenvalue weighted by molar-refractivity contribution is -0.193. The predicted molar refractivity (Wildman–Crippen MR) is 118 cm³/mol. The van der Waals surface area contributed by atoms with Gasteiger partial charge in [0.25, 0.3) is 5.92 Å². The number of alkyl halides is 2. The Kier molecular flexibility index (Phi) is 11.9. The van der Waals surface area contributed by atoms with E-state index in [4.69, 9.17) is 9.47 Å². The zero-order valence-corrected chi connectivity index (χ0v) is 18.9. The Labute approximate surface area is 186 Å². The standard InChI is InChI=1S/C25H40F2O4/c1-2-3-9-15-25(26,27)16-14-21-20(12-7-5-4-6-10-17-28)22(29)19-23(21)31-24-13-8-11-18-30-24/h5,7,14,16-17,20-24,29H,2-4,6,8-13,15,18-19H2,1H3/b7-5-,16-14+/t20-,21-,22+,23-,24?/m1/s1. The van der Waals surface area contributed by atoms with Gasteiger partial charge in [-0.1, -0.05) is 38.0 Å². The van der Waals surface area contributed by atoms with E-state index < -0.39 is 12.0 Å². The van der Waals surface area contributed by atoms with Gasteiger partial charge in [0.2, 0.25) is 0 Å². The van der Waals surface area contributed by atoms with Crippen LogP contribution in [0.1, 0.15) is 84.0 Å². The Morgan fingerprint density at radius 3 is 2.71 bits per heavy atom. The van der Waals surface area contributed by atoms with Crippen molar-refractivity contribution in [2.45, 2.75) is 108 Å². The molecule has 0 amide bonds. The minimum Gasteiger partial charge on any atom is -0.393 e. The van der Waals surface area contributed by atoms with Gasteiger partial charge in [0, 0.05) is 31.8 Å². The summed E-state index contributed by atoms with van der Waals surface area (Å²) in [5.74, 6) is -3.29. The normalized spacial score (nSPS) is 29.9. The van der Waals surface area contributed by atoms with Crippen LogP contribution in [-0.2, 0) is 14.3 Å². The minimum absolute atomic E-state index is 0.148. The molecule has 1 N–H and O–H groups in total. The van der Waals surface area contributed by atoms with Crippen LogP contribution in [0.3, 0.4) is 0 Å². The molecule has 1 heterocycles. The van der Waals surface area contributed by atoms with Gasteiger partial charge < -0.3 is 19.4 Å². The van der Waals surface area contributed by atoms with Crippen LogP contribution >= 0.6 is 0 Å². The molecule has 5 atom stereocenters. The summed E-state index contributed by atoms with van der Waals surface area (Å²) in [6, 6.07) is 0. The Morgan fingerprint density at radius 2 is 2.00 bits per heavy atom. The van der Waals surface area contributed by atoms with Crippen LogP contribution in [0.5, 0.6) is 0 Å². The van der Waals surface area contributed by atoms with Crippen molar-refractivity contribution in [3.8, 4) is 0 Å². The summed E-state index contributed by atoms with van der Waals surface area (Å²) in [6.45, 7) is 2.66. The molecule has 1 unspecified atom stereocenters. The van der Waals surface area contributed by atoms with Crippen molar-refractivity contribution in [2.24, 2.45) is 11.8 Å². The zero-order valence-electron chi connectivity index (χ0n) is 18.9. The highest BCUT2D eigenvalue weighted by atomic mass is 19.3. The van der Waals surface area contributed by atoms with Crippen molar-refractivity contribution < 1.29 is 28.2 Å². The number of aliphatic hydroxyl groups excluding tert-OH is 1. The first-order chi connectivity index (χ1) is 15.0. The second-order valence-corrected chi connectivity index (χ2v) is 8.90. The molecule has 6 heteroatoms. The van der Waals surface area contributed by atoms with Crippen LogP contribution in [0.15, 0.2) is 24.3 Å². The molecule has 1 saturated heterocycles. The summed E-state index contributed by atoms with van der Waals surface area (Å²) in [7, 11) is 0. The number of carbonyl (C=O) groups is 1. The van der Waals surface area contributed by atoms with Crippen LogP contribution in [0, 0.1) is 11.8 Å². The highest BCUT2D eigenvalue weighted by Crippen LogP contribution is 2.40. The molecule has 2 fully saturated rings. The van der Waals surface area contributed by atoms with E-state index >= 15 is 0 Å². The van der Waals surface area contributed by atoms with Crippen molar-refractivity contribution in [2.75, 3.05) is 6.61 Å². The molecule has 0 radical (unpaired) electrons. The lowest BCUT2D eigenvalue weighted by Crippen LogP contribution is -2.31. The zero-order chi connectivity index (χ0) is 22.5.